The number of nitrogens with zero attached hydrogens (tertiary/aromatic N) is 1. The fraction of sp³-hybridized carbons (Fsp3) is 0.368. The molecule has 3 N–H and O–H groups in total. The van der Waals surface area contributed by atoms with E-state index in [1.807, 2.05) is 26.0 Å². The molecule has 1 atom stereocenters. The molecule has 0 saturated heterocycles. The monoisotopic (exact) mass is 538 g/mol. The summed E-state index contributed by atoms with van der Waals surface area (Å²) >= 11 is 12.0. The minimum absolute atomic E-state index is 0. The molecule has 0 radical (unpaired) electrons. The SMILES string of the molecule is CN=C(NCCCNC(=O)c1occc1C)NC(C)c1ccc(Cl)c(Cl)c1.I. The predicted molar refractivity (Wildman–Crippen MR) is 125 cm³/mol. The molecule has 28 heavy (non-hydrogen) atoms. The van der Waals surface area contributed by atoms with E-state index in [0.717, 1.165) is 17.5 Å². The fourth-order valence-corrected chi connectivity index (χ4v) is 2.75. The number of rotatable bonds is 7. The van der Waals surface area contributed by atoms with Gasteiger partial charge in [-0.2, -0.15) is 0 Å². The standard InChI is InChI=1S/C19H24Cl2N4O2.HI/c1-12-7-10-27-17(12)18(26)23-8-4-9-24-19(22-3)25-13(2)14-5-6-15(20)16(21)11-14;/h5-7,10-11,13H,4,8-9H2,1-3H3,(H,23,26)(H2,22,24,25);1H. The highest BCUT2D eigenvalue weighted by atomic mass is 127. The molecule has 1 heterocycles. The summed E-state index contributed by atoms with van der Waals surface area (Å²) in [5.41, 5.74) is 1.83. The normalized spacial score (nSPS) is 12.1. The van der Waals surface area contributed by atoms with E-state index in [4.69, 9.17) is 27.6 Å². The minimum Gasteiger partial charge on any atom is -0.459 e. The molecule has 0 aliphatic carbocycles. The van der Waals surface area contributed by atoms with Crippen LogP contribution in [0.4, 0.5) is 0 Å². The van der Waals surface area contributed by atoms with E-state index in [-0.39, 0.29) is 35.9 Å². The van der Waals surface area contributed by atoms with Crippen molar-refractivity contribution < 1.29 is 9.21 Å². The molecule has 1 aromatic heterocycles. The Kier molecular flexibility index (Phi) is 10.7. The Labute approximate surface area is 192 Å². The average Bonchev–Trinajstić information content (AvgIpc) is 3.08. The second kappa shape index (κ2) is 12.2. The van der Waals surface area contributed by atoms with E-state index in [2.05, 4.69) is 20.9 Å². The van der Waals surface area contributed by atoms with Crippen LogP contribution in [0.2, 0.25) is 10.0 Å². The Bertz CT molecular complexity index is 811. The smallest absolute Gasteiger partial charge is 0.287 e. The number of benzene rings is 1. The summed E-state index contributed by atoms with van der Waals surface area (Å²) in [5.74, 6) is 0.825. The molecule has 2 aromatic rings. The molecule has 0 aliphatic heterocycles. The molecule has 0 fully saturated rings. The number of furan rings is 1. The summed E-state index contributed by atoms with van der Waals surface area (Å²) in [4.78, 5) is 16.2. The third-order valence-electron chi connectivity index (χ3n) is 4.02. The molecule has 1 amide bonds. The quantitative estimate of drug-likeness (QED) is 0.209. The molecule has 1 unspecified atom stereocenters. The second-order valence-corrected chi connectivity index (χ2v) is 6.90. The summed E-state index contributed by atoms with van der Waals surface area (Å²) < 4.78 is 5.17. The summed E-state index contributed by atoms with van der Waals surface area (Å²) in [5, 5.41) is 10.4. The molecule has 1 aromatic carbocycles. The summed E-state index contributed by atoms with van der Waals surface area (Å²) in [7, 11) is 1.71. The summed E-state index contributed by atoms with van der Waals surface area (Å²) in [6.07, 6.45) is 2.25. The number of aliphatic imine (C=N–C) groups is 1. The lowest BCUT2D eigenvalue weighted by Crippen LogP contribution is -2.40. The maximum absolute atomic E-state index is 12.0. The van der Waals surface area contributed by atoms with Crippen LogP contribution in [0.5, 0.6) is 0 Å². The zero-order chi connectivity index (χ0) is 19.8. The second-order valence-electron chi connectivity index (χ2n) is 6.08. The zero-order valence-electron chi connectivity index (χ0n) is 16.0. The van der Waals surface area contributed by atoms with Crippen LogP contribution in [0.1, 0.15) is 41.1 Å². The van der Waals surface area contributed by atoms with Crippen LogP contribution < -0.4 is 16.0 Å². The van der Waals surface area contributed by atoms with Crippen molar-refractivity contribution in [2.24, 2.45) is 4.99 Å². The third kappa shape index (κ3) is 7.18. The Hall–Kier alpha value is -1.45. The maximum atomic E-state index is 12.0. The molecule has 0 bridgehead atoms. The van der Waals surface area contributed by atoms with Crippen LogP contribution in [0.3, 0.4) is 0 Å². The highest BCUT2D eigenvalue weighted by molar-refractivity contribution is 14.0. The number of guanidine groups is 1. The van der Waals surface area contributed by atoms with Crippen LogP contribution in [0, 0.1) is 6.92 Å². The molecule has 0 spiro atoms. The summed E-state index contributed by atoms with van der Waals surface area (Å²) in [6, 6.07) is 7.30. The Balaban J connectivity index is 0.00000392. The van der Waals surface area contributed by atoms with Crippen molar-refractivity contribution in [1.82, 2.24) is 16.0 Å². The Morgan fingerprint density at radius 2 is 1.89 bits per heavy atom. The molecule has 9 heteroatoms. The van der Waals surface area contributed by atoms with Gasteiger partial charge in [-0.15, -0.1) is 24.0 Å². The van der Waals surface area contributed by atoms with Gasteiger partial charge in [-0.1, -0.05) is 29.3 Å². The molecule has 2 rings (SSSR count). The van der Waals surface area contributed by atoms with Crippen molar-refractivity contribution in [3.05, 3.63) is 57.5 Å². The van der Waals surface area contributed by atoms with Crippen molar-refractivity contribution in [1.29, 1.82) is 0 Å². The number of hydrogen-bond donors (Lipinski definition) is 3. The van der Waals surface area contributed by atoms with Gasteiger partial charge in [0.15, 0.2) is 11.7 Å². The van der Waals surface area contributed by atoms with Crippen molar-refractivity contribution in [2.45, 2.75) is 26.3 Å². The van der Waals surface area contributed by atoms with Gasteiger partial charge in [0.05, 0.1) is 22.4 Å². The first-order valence-corrected chi connectivity index (χ1v) is 9.42. The van der Waals surface area contributed by atoms with E-state index in [0.29, 0.717) is 34.9 Å². The van der Waals surface area contributed by atoms with Gasteiger partial charge in [-0.25, -0.2) is 0 Å². The number of hydrogen-bond acceptors (Lipinski definition) is 3. The van der Waals surface area contributed by atoms with Crippen LogP contribution in [-0.2, 0) is 0 Å². The highest BCUT2D eigenvalue weighted by Crippen LogP contribution is 2.25. The van der Waals surface area contributed by atoms with E-state index >= 15 is 0 Å². The molecular weight excluding hydrogens is 514 g/mol. The Morgan fingerprint density at radius 1 is 1.18 bits per heavy atom. The molecule has 0 saturated carbocycles. The van der Waals surface area contributed by atoms with Gasteiger partial charge < -0.3 is 20.4 Å². The number of nitrogens with one attached hydrogen (secondary N) is 3. The zero-order valence-corrected chi connectivity index (χ0v) is 19.9. The number of carbonyl (C=O) groups excluding carboxylic acids is 1. The maximum Gasteiger partial charge on any atom is 0.287 e. The lowest BCUT2D eigenvalue weighted by molar-refractivity contribution is 0.0925. The predicted octanol–water partition coefficient (Wildman–Crippen LogP) is 4.56. The first-order valence-electron chi connectivity index (χ1n) is 8.66. The van der Waals surface area contributed by atoms with Gasteiger partial charge in [0.1, 0.15) is 0 Å². The minimum atomic E-state index is -0.201. The van der Waals surface area contributed by atoms with Gasteiger partial charge in [0, 0.05) is 25.7 Å². The third-order valence-corrected chi connectivity index (χ3v) is 4.76. The summed E-state index contributed by atoms with van der Waals surface area (Å²) in [6.45, 7) is 5.04. The average molecular weight is 539 g/mol. The van der Waals surface area contributed by atoms with Crippen LogP contribution in [0.25, 0.3) is 0 Å². The fourth-order valence-electron chi connectivity index (χ4n) is 2.45. The lowest BCUT2D eigenvalue weighted by Gasteiger charge is -2.18. The molecular formula is C19H25Cl2IN4O2. The highest BCUT2D eigenvalue weighted by Gasteiger charge is 2.12. The van der Waals surface area contributed by atoms with E-state index in [9.17, 15) is 4.79 Å². The molecule has 0 aliphatic rings. The first-order chi connectivity index (χ1) is 12.9. The number of amides is 1. The van der Waals surface area contributed by atoms with Crippen LogP contribution >= 0.6 is 47.2 Å². The van der Waals surface area contributed by atoms with Crippen molar-refractivity contribution >= 4 is 59.0 Å². The van der Waals surface area contributed by atoms with Gasteiger partial charge in [-0.05, 0) is 44.0 Å². The van der Waals surface area contributed by atoms with E-state index in [1.54, 1.807) is 19.2 Å². The topological polar surface area (TPSA) is 78.7 Å². The number of halogens is 3. The lowest BCUT2D eigenvalue weighted by atomic mass is 10.1. The number of carbonyl (C=O) groups is 1. The van der Waals surface area contributed by atoms with E-state index < -0.39 is 0 Å². The van der Waals surface area contributed by atoms with Gasteiger partial charge in [0.25, 0.3) is 5.91 Å². The Morgan fingerprint density at radius 3 is 2.50 bits per heavy atom. The molecule has 154 valence electrons. The van der Waals surface area contributed by atoms with Crippen molar-refractivity contribution in [2.75, 3.05) is 20.1 Å². The van der Waals surface area contributed by atoms with Crippen molar-refractivity contribution in [3.63, 3.8) is 0 Å². The van der Waals surface area contributed by atoms with E-state index in [1.165, 1.54) is 6.26 Å². The van der Waals surface area contributed by atoms with Crippen molar-refractivity contribution in [3.8, 4) is 0 Å². The van der Waals surface area contributed by atoms with Gasteiger partial charge in [-0.3, -0.25) is 9.79 Å². The van der Waals surface area contributed by atoms with Crippen LogP contribution in [-0.4, -0.2) is 32.0 Å². The molecule has 6 nitrogen and oxygen atoms in total. The van der Waals surface area contributed by atoms with Gasteiger partial charge >= 0.3 is 0 Å². The largest absolute Gasteiger partial charge is 0.459 e. The van der Waals surface area contributed by atoms with Crippen LogP contribution in [0.15, 0.2) is 39.9 Å². The first kappa shape index (κ1) is 24.6. The number of aryl methyl sites for hydroxylation is 1. The van der Waals surface area contributed by atoms with Gasteiger partial charge in [0.2, 0.25) is 0 Å².